The minimum atomic E-state index is -0.354. The van der Waals surface area contributed by atoms with Gasteiger partial charge in [0.15, 0.2) is 11.5 Å². The van der Waals surface area contributed by atoms with E-state index in [0.29, 0.717) is 36.3 Å². The van der Waals surface area contributed by atoms with Gasteiger partial charge in [-0.15, -0.1) is 0 Å². The van der Waals surface area contributed by atoms with Gasteiger partial charge >= 0.3 is 0 Å². The SMILES string of the molecule is COc1ccc(-c2n[nH]c3c2C(c2ccc(OCCC(C)C)c(OC)c2)N(Cc2ccccc2)C3=O)cc1. The summed E-state index contributed by atoms with van der Waals surface area (Å²) in [5.41, 5.74) is 4.99. The zero-order chi connectivity index (χ0) is 26.6. The van der Waals surface area contributed by atoms with Gasteiger partial charge in [-0.25, -0.2) is 0 Å². The maximum atomic E-state index is 13.7. The van der Waals surface area contributed by atoms with Crippen molar-refractivity contribution in [3.8, 4) is 28.5 Å². The fourth-order valence-corrected chi connectivity index (χ4v) is 4.83. The van der Waals surface area contributed by atoms with E-state index in [1.54, 1.807) is 14.2 Å². The summed E-state index contributed by atoms with van der Waals surface area (Å²) in [6, 6.07) is 23.3. The Morgan fingerprint density at radius 3 is 2.39 bits per heavy atom. The molecule has 0 saturated carbocycles. The van der Waals surface area contributed by atoms with Gasteiger partial charge in [-0.3, -0.25) is 9.89 Å². The molecule has 1 N–H and O–H groups in total. The third-order valence-corrected chi connectivity index (χ3v) is 6.88. The second kappa shape index (κ2) is 11.0. The number of carbonyl (C=O) groups is 1. The van der Waals surface area contributed by atoms with Crippen molar-refractivity contribution < 1.29 is 19.0 Å². The molecule has 0 fully saturated rings. The molecule has 3 aromatic carbocycles. The predicted molar refractivity (Wildman–Crippen MR) is 147 cm³/mol. The third-order valence-electron chi connectivity index (χ3n) is 6.88. The first-order valence-corrected chi connectivity index (χ1v) is 12.9. The molecule has 1 aromatic heterocycles. The molecule has 1 aliphatic rings. The third kappa shape index (κ3) is 4.96. The van der Waals surface area contributed by atoms with Crippen LogP contribution in [-0.2, 0) is 6.54 Å². The second-order valence-electron chi connectivity index (χ2n) is 9.85. The number of nitrogens with one attached hydrogen (secondary N) is 1. The average molecular weight is 512 g/mol. The number of carbonyl (C=O) groups excluding carboxylic acids is 1. The van der Waals surface area contributed by atoms with Crippen LogP contribution < -0.4 is 14.2 Å². The molecule has 1 amide bonds. The van der Waals surface area contributed by atoms with Gasteiger partial charge < -0.3 is 19.1 Å². The maximum Gasteiger partial charge on any atom is 0.273 e. The summed E-state index contributed by atoms with van der Waals surface area (Å²) >= 11 is 0. The molecule has 4 aromatic rings. The summed E-state index contributed by atoms with van der Waals surface area (Å²) in [5.74, 6) is 2.56. The van der Waals surface area contributed by atoms with Crippen LogP contribution in [0.25, 0.3) is 11.3 Å². The van der Waals surface area contributed by atoms with E-state index >= 15 is 0 Å². The first kappa shape index (κ1) is 25.4. The molecule has 1 atom stereocenters. The highest BCUT2D eigenvalue weighted by atomic mass is 16.5. The topological polar surface area (TPSA) is 76.7 Å². The highest BCUT2D eigenvalue weighted by molar-refractivity contribution is 6.00. The van der Waals surface area contributed by atoms with Crippen molar-refractivity contribution in [2.24, 2.45) is 5.92 Å². The standard InChI is InChI=1S/C31H33N3O4/c1-20(2)16-17-38-25-15-12-23(18-26(25)37-4)30-27-28(22-10-13-24(36-3)14-11-22)32-33-29(27)31(35)34(30)19-21-8-6-5-7-9-21/h5-15,18,20,30H,16-17,19H2,1-4H3,(H,32,33). The van der Waals surface area contributed by atoms with E-state index in [9.17, 15) is 4.79 Å². The molecule has 1 unspecified atom stereocenters. The number of methoxy groups -OCH3 is 2. The smallest absolute Gasteiger partial charge is 0.273 e. The molecule has 5 rings (SSSR count). The van der Waals surface area contributed by atoms with Crippen LogP contribution in [0, 0.1) is 5.92 Å². The maximum absolute atomic E-state index is 13.7. The van der Waals surface area contributed by atoms with Crippen LogP contribution in [0.5, 0.6) is 17.2 Å². The molecule has 0 spiro atoms. The number of benzene rings is 3. The summed E-state index contributed by atoms with van der Waals surface area (Å²) in [5, 5.41) is 7.61. The van der Waals surface area contributed by atoms with Crippen molar-refractivity contribution in [1.29, 1.82) is 0 Å². The number of hydrogen-bond acceptors (Lipinski definition) is 5. The first-order valence-electron chi connectivity index (χ1n) is 12.9. The van der Waals surface area contributed by atoms with E-state index in [2.05, 4.69) is 24.0 Å². The zero-order valence-corrected chi connectivity index (χ0v) is 22.2. The summed E-state index contributed by atoms with van der Waals surface area (Å²) in [6.45, 7) is 5.42. The lowest BCUT2D eigenvalue weighted by atomic mass is 9.95. The molecule has 7 nitrogen and oxygen atoms in total. The normalized spacial score (nSPS) is 14.6. The van der Waals surface area contributed by atoms with Crippen molar-refractivity contribution in [2.75, 3.05) is 20.8 Å². The van der Waals surface area contributed by atoms with Crippen molar-refractivity contribution in [3.63, 3.8) is 0 Å². The fourth-order valence-electron chi connectivity index (χ4n) is 4.83. The van der Waals surface area contributed by atoms with Gasteiger partial charge in [-0.05, 0) is 59.9 Å². The minimum absolute atomic E-state index is 0.0858. The molecule has 1 aliphatic heterocycles. The lowest BCUT2D eigenvalue weighted by molar-refractivity contribution is 0.0730. The van der Waals surface area contributed by atoms with Crippen LogP contribution >= 0.6 is 0 Å². The molecular weight excluding hydrogens is 478 g/mol. The van der Waals surface area contributed by atoms with Crippen LogP contribution in [0.3, 0.4) is 0 Å². The number of nitrogens with zero attached hydrogens (tertiary/aromatic N) is 2. The number of H-pyrrole nitrogens is 1. The summed E-state index contributed by atoms with van der Waals surface area (Å²) in [7, 11) is 3.28. The molecule has 0 bridgehead atoms. The molecule has 0 aliphatic carbocycles. The van der Waals surface area contributed by atoms with Crippen LogP contribution in [0.2, 0.25) is 0 Å². The number of fused-ring (bicyclic) bond motifs is 1. The molecule has 0 saturated heterocycles. The number of aromatic nitrogens is 2. The Hall–Kier alpha value is -4.26. The summed E-state index contributed by atoms with van der Waals surface area (Å²) < 4.78 is 17.1. The Bertz CT molecular complexity index is 1400. The quantitative estimate of drug-likeness (QED) is 0.272. The van der Waals surface area contributed by atoms with Gasteiger partial charge in [0.05, 0.1) is 32.6 Å². The lowest BCUT2D eigenvalue weighted by Crippen LogP contribution is -2.29. The zero-order valence-electron chi connectivity index (χ0n) is 22.2. The molecular formula is C31H33N3O4. The average Bonchev–Trinajstić information content (AvgIpc) is 3.48. The van der Waals surface area contributed by atoms with Crippen LogP contribution in [0.15, 0.2) is 72.8 Å². The van der Waals surface area contributed by atoms with E-state index in [-0.39, 0.29) is 11.9 Å². The Labute approximate surface area is 223 Å². The highest BCUT2D eigenvalue weighted by Crippen LogP contribution is 2.45. The van der Waals surface area contributed by atoms with Gasteiger partial charge in [0.1, 0.15) is 11.4 Å². The van der Waals surface area contributed by atoms with E-state index < -0.39 is 0 Å². The largest absolute Gasteiger partial charge is 0.497 e. The molecule has 38 heavy (non-hydrogen) atoms. The van der Waals surface area contributed by atoms with Crippen LogP contribution in [0.1, 0.15) is 53.5 Å². The molecule has 196 valence electrons. The number of rotatable bonds is 10. The Morgan fingerprint density at radius 1 is 0.947 bits per heavy atom. The van der Waals surface area contributed by atoms with Crippen molar-refractivity contribution in [3.05, 3.63) is 95.2 Å². The Kier molecular flexibility index (Phi) is 7.36. The van der Waals surface area contributed by atoms with Crippen molar-refractivity contribution in [1.82, 2.24) is 15.1 Å². The lowest BCUT2D eigenvalue weighted by Gasteiger charge is -2.27. The highest BCUT2D eigenvalue weighted by Gasteiger charge is 2.42. The van der Waals surface area contributed by atoms with Crippen LogP contribution in [0.4, 0.5) is 0 Å². The number of aromatic amines is 1. The van der Waals surface area contributed by atoms with E-state index in [1.807, 2.05) is 77.7 Å². The van der Waals surface area contributed by atoms with E-state index in [4.69, 9.17) is 14.2 Å². The van der Waals surface area contributed by atoms with Gasteiger partial charge in [-0.2, -0.15) is 5.10 Å². The Balaban J connectivity index is 1.57. The molecule has 2 heterocycles. The van der Waals surface area contributed by atoms with Gasteiger partial charge in [0, 0.05) is 17.7 Å². The number of amides is 1. The van der Waals surface area contributed by atoms with Crippen molar-refractivity contribution >= 4 is 5.91 Å². The minimum Gasteiger partial charge on any atom is -0.497 e. The van der Waals surface area contributed by atoms with E-state index in [1.165, 1.54) is 0 Å². The van der Waals surface area contributed by atoms with Gasteiger partial charge in [0.25, 0.3) is 5.91 Å². The van der Waals surface area contributed by atoms with Crippen LogP contribution in [-0.4, -0.2) is 41.8 Å². The van der Waals surface area contributed by atoms with Crippen molar-refractivity contribution in [2.45, 2.75) is 32.9 Å². The Morgan fingerprint density at radius 2 is 1.71 bits per heavy atom. The predicted octanol–water partition coefficient (Wildman–Crippen LogP) is 6.26. The fraction of sp³-hybridized carbons (Fsp3) is 0.290. The monoisotopic (exact) mass is 511 g/mol. The van der Waals surface area contributed by atoms with Gasteiger partial charge in [0.2, 0.25) is 0 Å². The second-order valence-corrected chi connectivity index (χ2v) is 9.85. The summed E-state index contributed by atoms with van der Waals surface area (Å²) in [6.07, 6.45) is 0.955. The summed E-state index contributed by atoms with van der Waals surface area (Å²) in [4.78, 5) is 15.6. The van der Waals surface area contributed by atoms with Gasteiger partial charge in [-0.1, -0.05) is 50.2 Å². The molecule has 0 radical (unpaired) electrons. The first-order chi connectivity index (χ1) is 18.5. The number of ether oxygens (including phenoxy) is 3. The number of hydrogen-bond donors (Lipinski definition) is 1. The molecule has 7 heteroatoms. The van der Waals surface area contributed by atoms with E-state index in [0.717, 1.165) is 40.1 Å².